The van der Waals surface area contributed by atoms with E-state index in [-0.39, 0.29) is 76.6 Å². The molecule has 0 radical (unpaired) electrons. The molecule has 0 saturated heterocycles. The molecule has 0 saturated carbocycles. The Hall–Kier alpha value is -2.27. The van der Waals surface area contributed by atoms with Crippen LogP contribution in [0.3, 0.4) is 0 Å². The van der Waals surface area contributed by atoms with Crippen LogP contribution in [0.15, 0.2) is 72.8 Å². The zero-order valence-electron chi connectivity index (χ0n) is 22.2. The summed E-state index contributed by atoms with van der Waals surface area (Å²) in [4.78, 5) is 9.65. The van der Waals surface area contributed by atoms with E-state index in [1.165, 1.54) is 0 Å². The van der Waals surface area contributed by atoms with Crippen molar-refractivity contribution in [3.8, 4) is 45.4 Å². The van der Waals surface area contributed by atoms with Gasteiger partial charge in [-0.1, -0.05) is 65.8 Å². The molecule has 38 heavy (non-hydrogen) atoms. The first kappa shape index (κ1) is 35.7. The van der Waals surface area contributed by atoms with Crippen LogP contribution in [0, 0.1) is 0 Å². The fourth-order valence-electron chi connectivity index (χ4n) is 3.87. The number of nitrogens with zero attached hydrogens (tertiary/aromatic N) is 2. The van der Waals surface area contributed by atoms with Gasteiger partial charge in [0.1, 0.15) is 11.5 Å². The van der Waals surface area contributed by atoms with Crippen molar-refractivity contribution < 1.29 is 64.5 Å². The van der Waals surface area contributed by atoms with Gasteiger partial charge in [0.25, 0.3) is 0 Å². The average Bonchev–Trinajstić information content (AvgIpc) is 2.78. The van der Waals surface area contributed by atoms with Gasteiger partial charge in [0, 0.05) is 11.1 Å². The SMILES string of the molecule is CC(C)(C)c1ccc(O)c(-c2cccc(-c3cccc(-c4cc(C(C)(C)C)ccc4O)n3)n2)c1.[Cl-].[Cl-].[Cl-].[Mn+3]. The van der Waals surface area contributed by atoms with Gasteiger partial charge < -0.3 is 47.4 Å². The monoisotopic (exact) mass is 612 g/mol. The molecule has 4 rings (SSSR count). The molecular formula is C30H32Cl3MnN2O2. The fraction of sp³-hybridized carbons (Fsp3) is 0.267. The summed E-state index contributed by atoms with van der Waals surface area (Å²) in [6.07, 6.45) is 0. The Morgan fingerprint density at radius 3 is 1.13 bits per heavy atom. The Labute approximate surface area is 255 Å². The minimum absolute atomic E-state index is 0. The maximum atomic E-state index is 10.5. The Morgan fingerprint density at radius 2 is 0.816 bits per heavy atom. The Bertz CT molecular complexity index is 1260. The smallest absolute Gasteiger partial charge is 1.00 e. The van der Waals surface area contributed by atoms with Crippen LogP contribution < -0.4 is 37.2 Å². The van der Waals surface area contributed by atoms with Crippen LogP contribution >= 0.6 is 0 Å². The summed E-state index contributed by atoms with van der Waals surface area (Å²) in [6.45, 7) is 12.9. The van der Waals surface area contributed by atoms with E-state index in [9.17, 15) is 10.2 Å². The van der Waals surface area contributed by atoms with Gasteiger partial charge in [-0.05, 0) is 70.5 Å². The zero-order chi connectivity index (χ0) is 24.7. The van der Waals surface area contributed by atoms with E-state index < -0.39 is 0 Å². The summed E-state index contributed by atoms with van der Waals surface area (Å²) < 4.78 is 0. The summed E-state index contributed by atoms with van der Waals surface area (Å²) in [6, 6.07) is 22.8. The molecule has 8 heteroatoms. The quantitative estimate of drug-likeness (QED) is 0.276. The number of benzene rings is 2. The molecule has 4 nitrogen and oxygen atoms in total. The molecule has 0 bridgehead atoms. The van der Waals surface area contributed by atoms with E-state index in [4.69, 9.17) is 9.97 Å². The maximum Gasteiger partial charge on any atom is 3.00 e. The van der Waals surface area contributed by atoms with Crippen molar-refractivity contribution in [1.29, 1.82) is 0 Å². The molecule has 0 spiro atoms. The molecule has 0 atom stereocenters. The average molecular weight is 614 g/mol. The molecule has 202 valence electrons. The van der Waals surface area contributed by atoms with Gasteiger partial charge in [0.2, 0.25) is 0 Å². The third-order valence-corrected chi connectivity index (χ3v) is 6.04. The third kappa shape index (κ3) is 7.88. The molecule has 0 aliphatic carbocycles. The molecule has 4 aromatic rings. The molecular weight excluding hydrogens is 582 g/mol. The predicted octanol–water partition coefficient (Wildman–Crippen LogP) is -1.51. The molecule has 2 aromatic heterocycles. The summed E-state index contributed by atoms with van der Waals surface area (Å²) >= 11 is 0. The van der Waals surface area contributed by atoms with Crippen molar-refractivity contribution >= 4 is 0 Å². The van der Waals surface area contributed by atoms with Crippen LogP contribution in [-0.2, 0) is 27.9 Å². The topological polar surface area (TPSA) is 66.2 Å². The first-order valence-corrected chi connectivity index (χ1v) is 11.6. The van der Waals surface area contributed by atoms with Crippen LogP contribution in [0.1, 0.15) is 52.7 Å². The van der Waals surface area contributed by atoms with Crippen molar-refractivity contribution in [2.75, 3.05) is 0 Å². The van der Waals surface area contributed by atoms with Crippen molar-refractivity contribution in [3.63, 3.8) is 0 Å². The van der Waals surface area contributed by atoms with Gasteiger partial charge in [-0.2, -0.15) is 0 Å². The van der Waals surface area contributed by atoms with E-state index >= 15 is 0 Å². The van der Waals surface area contributed by atoms with Gasteiger partial charge in [0.05, 0.1) is 22.8 Å². The maximum absolute atomic E-state index is 10.5. The second-order valence-corrected chi connectivity index (χ2v) is 10.8. The first-order chi connectivity index (χ1) is 15.9. The number of hydrogen-bond donors (Lipinski definition) is 2. The van der Waals surface area contributed by atoms with E-state index in [0.29, 0.717) is 33.9 Å². The summed E-state index contributed by atoms with van der Waals surface area (Å²) in [5.41, 5.74) is 6.33. The normalized spacial score (nSPS) is 10.8. The fourth-order valence-corrected chi connectivity index (χ4v) is 3.87. The van der Waals surface area contributed by atoms with Crippen molar-refractivity contribution in [2.45, 2.75) is 52.4 Å². The number of rotatable bonds is 3. The van der Waals surface area contributed by atoms with Gasteiger partial charge >= 0.3 is 17.1 Å². The van der Waals surface area contributed by atoms with Crippen LogP contribution in [0.2, 0.25) is 0 Å². The second-order valence-electron chi connectivity index (χ2n) is 10.8. The molecule has 0 aliphatic heterocycles. The van der Waals surface area contributed by atoms with Gasteiger partial charge in [-0.25, -0.2) is 9.97 Å². The molecule has 2 N–H and O–H groups in total. The summed E-state index contributed by atoms with van der Waals surface area (Å²) in [5.74, 6) is 0.395. The molecule has 0 amide bonds. The van der Waals surface area contributed by atoms with E-state index in [2.05, 4.69) is 41.5 Å². The van der Waals surface area contributed by atoms with Crippen molar-refractivity contribution in [2.24, 2.45) is 0 Å². The Balaban J connectivity index is 0.00000342. The molecule has 0 fully saturated rings. The molecule has 2 heterocycles. The van der Waals surface area contributed by atoms with Gasteiger partial charge in [0.15, 0.2) is 0 Å². The number of halogens is 3. The van der Waals surface area contributed by atoms with Crippen LogP contribution in [-0.4, -0.2) is 20.2 Å². The Kier molecular flexibility index (Phi) is 12.9. The van der Waals surface area contributed by atoms with Crippen LogP contribution in [0.25, 0.3) is 33.9 Å². The third-order valence-electron chi connectivity index (χ3n) is 6.04. The standard InChI is InChI=1S/C30H32N2O2.3ClH.Mn/c1-29(2,3)19-13-15-27(33)21(17-19)23-9-7-11-25(31-23)26-12-8-10-24(32-26)22-18-20(30(4,5)6)14-16-28(22)34;;;;/h7-18,33-34H,1-6H3;3*1H;/q;;;;+3/p-3. The zero-order valence-corrected chi connectivity index (χ0v) is 25.7. The van der Waals surface area contributed by atoms with Crippen LogP contribution in [0.4, 0.5) is 0 Å². The van der Waals surface area contributed by atoms with E-state index in [1.54, 1.807) is 12.1 Å². The predicted molar refractivity (Wildman–Crippen MR) is 139 cm³/mol. The molecule has 0 unspecified atom stereocenters. The molecule has 2 aromatic carbocycles. The van der Waals surface area contributed by atoms with E-state index in [1.807, 2.05) is 60.7 Å². The van der Waals surface area contributed by atoms with Crippen molar-refractivity contribution in [1.82, 2.24) is 9.97 Å². The minimum atomic E-state index is -0.0421. The van der Waals surface area contributed by atoms with E-state index in [0.717, 1.165) is 11.1 Å². The van der Waals surface area contributed by atoms with Crippen LogP contribution in [0.5, 0.6) is 11.5 Å². The largest absolute Gasteiger partial charge is 3.00 e. The van der Waals surface area contributed by atoms with Gasteiger partial charge in [-0.15, -0.1) is 0 Å². The summed E-state index contributed by atoms with van der Waals surface area (Å²) in [5, 5.41) is 21.1. The number of hydrogen-bond acceptors (Lipinski definition) is 4. The van der Waals surface area contributed by atoms with Crippen molar-refractivity contribution in [3.05, 3.63) is 83.9 Å². The Morgan fingerprint density at radius 1 is 0.500 bits per heavy atom. The van der Waals surface area contributed by atoms with Gasteiger partial charge in [-0.3, -0.25) is 0 Å². The first-order valence-electron chi connectivity index (χ1n) is 11.6. The number of aromatic nitrogens is 2. The minimum Gasteiger partial charge on any atom is -1.00 e. The number of phenols is 2. The molecule has 0 aliphatic rings. The number of phenolic OH excluding ortho intramolecular Hbond substituents is 2. The number of aromatic hydroxyl groups is 2. The second kappa shape index (κ2) is 13.7. The summed E-state index contributed by atoms with van der Waals surface area (Å²) in [7, 11) is 0. The number of pyridine rings is 2.